The lowest BCUT2D eigenvalue weighted by molar-refractivity contribution is -0.154. The number of aromatic nitrogens is 4. The molecule has 0 aliphatic heterocycles. The zero-order chi connectivity index (χ0) is 27.2. The lowest BCUT2D eigenvalue weighted by Crippen LogP contribution is -2.39. The fraction of sp³-hybridized carbons (Fsp3) is 0.333. The van der Waals surface area contributed by atoms with Crippen molar-refractivity contribution in [1.82, 2.24) is 20.0 Å². The summed E-state index contributed by atoms with van der Waals surface area (Å²) in [5, 5.41) is 10.9. The van der Waals surface area contributed by atoms with Crippen molar-refractivity contribution in [2.24, 2.45) is 0 Å². The van der Waals surface area contributed by atoms with Crippen molar-refractivity contribution in [2.75, 3.05) is 22.6 Å². The van der Waals surface area contributed by atoms with E-state index in [2.05, 4.69) is 20.6 Å². The van der Waals surface area contributed by atoms with Crippen LogP contribution in [0.15, 0.2) is 42.7 Å². The maximum Gasteiger partial charge on any atom is 0.306 e. The highest BCUT2D eigenvalue weighted by atomic mass is 35.5. The molecule has 13 heteroatoms. The van der Waals surface area contributed by atoms with Crippen molar-refractivity contribution in [3.63, 3.8) is 0 Å². The molecule has 37 heavy (non-hydrogen) atoms. The Morgan fingerprint density at radius 3 is 2.54 bits per heavy atom. The largest absolute Gasteiger partial charge is 0.460 e. The third-order valence-electron chi connectivity index (χ3n) is 4.79. The average Bonchev–Trinajstić information content (AvgIpc) is 3.26. The van der Waals surface area contributed by atoms with E-state index in [4.69, 9.17) is 39.5 Å². The lowest BCUT2D eigenvalue weighted by Gasteiger charge is -2.22. The number of rotatable bonds is 9. The minimum absolute atomic E-state index is 0.147. The summed E-state index contributed by atoms with van der Waals surface area (Å²) in [6.45, 7) is 5.01. The Labute approximate surface area is 228 Å². The van der Waals surface area contributed by atoms with Crippen LogP contribution in [0.25, 0.3) is 5.69 Å². The van der Waals surface area contributed by atoms with Gasteiger partial charge in [-0.25, -0.2) is 9.67 Å². The van der Waals surface area contributed by atoms with Crippen LogP contribution < -0.4 is 10.2 Å². The first-order valence-corrected chi connectivity index (χ1v) is 12.4. The number of pyridine rings is 1. The van der Waals surface area contributed by atoms with Gasteiger partial charge in [0.2, 0.25) is 11.8 Å². The molecule has 0 fully saturated rings. The molecule has 2 aromatic heterocycles. The van der Waals surface area contributed by atoms with Crippen LogP contribution in [0.2, 0.25) is 10.2 Å². The Morgan fingerprint density at radius 1 is 1.14 bits per heavy atom. The predicted molar refractivity (Wildman–Crippen MR) is 141 cm³/mol. The van der Waals surface area contributed by atoms with Crippen LogP contribution in [0.5, 0.6) is 0 Å². The number of benzene rings is 1. The number of esters is 1. The highest BCUT2D eigenvalue weighted by Gasteiger charge is 2.22. The van der Waals surface area contributed by atoms with Crippen molar-refractivity contribution < 1.29 is 19.1 Å². The number of nitrogens with zero attached hydrogens (tertiary/aromatic N) is 5. The van der Waals surface area contributed by atoms with E-state index in [1.54, 1.807) is 45.0 Å². The zero-order valence-electron chi connectivity index (χ0n) is 20.4. The molecule has 2 heterocycles. The Kier molecular flexibility index (Phi) is 9.47. The molecule has 0 aliphatic rings. The fourth-order valence-corrected chi connectivity index (χ4v) is 3.72. The number of ether oxygens (including phenoxy) is 1. The smallest absolute Gasteiger partial charge is 0.306 e. The molecule has 0 unspecified atom stereocenters. The molecule has 0 spiro atoms. The van der Waals surface area contributed by atoms with Crippen LogP contribution in [-0.2, 0) is 25.5 Å². The molecule has 1 aromatic carbocycles. The molecule has 0 radical (unpaired) electrons. The van der Waals surface area contributed by atoms with E-state index < -0.39 is 17.4 Å². The molecule has 2 amide bonds. The molecule has 1 N–H and O–H groups in total. The molecule has 196 valence electrons. The topological polar surface area (TPSA) is 119 Å². The number of hydrogen-bond donors (Lipinski definition) is 1. The maximum atomic E-state index is 13.0. The normalized spacial score (nSPS) is 11.2. The predicted octanol–water partition coefficient (Wildman–Crippen LogP) is 4.45. The summed E-state index contributed by atoms with van der Waals surface area (Å²) in [5.41, 5.74) is 0.954. The second-order valence-corrected chi connectivity index (χ2v) is 10.0. The third kappa shape index (κ3) is 8.41. The SMILES string of the molecule is CC(C)(C)OC(=O)CCc1ccnc(N(CC(=O)Nc2cc(Cl)ccc2-n2cc(Cl)nn2)C(=O)CCl)c1. The number of aryl methyl sites for hydroxylation is 1. The van der Waals surface area contributed by atoms with Gasteiger partial charge in [-0.05, 0) is 63.1 Å². The van der Waals surface area contributed by atoms with E-state index in [0.717, 1.165) is 10.5 Å². The molecule has 0 atom stereocenters. The quantitative estimate of drug-likeness (QED) is 0.300. The number of carbonyl (C=O) groups excluding carboxylic acids is 3. The molecule has 3 aromatic rings. The molecule has 10 nitrogen and oxygen atoms in total. The summed E-state index contributed by atoms with van der Waals surface area (Å²) in [6.07, 6.45) is 3.48. The van der Waals surface area contributed by atoms with Gasteiger partial charge in [0.1, 0.15) is 23.8 Å². The number of anilines is 2. The van der Waals surface area contributed by atoms with E-state index in [-0.39, 0.29) is 35.8 Å². The van der Waals surface area contributed by atoms with Gasteiger partial charge in [-0.3, -0.25) is 19.3 Å². The highest BCUT2D eigenvalue weighted by Crippen LogP contribution is 2.25. The average molecular weight is 568 g/mol. The van der Waals surface area contributed by atoms with Gasteiger partial charge in [-0.15, -0.1) is 16.7 Å². The molecule has 0 saturated carbocycles. The standard InChI is InChI=1S/C24H25Cl3N6O4/c1-24(2,3)37-23(36)7-4-15-8-9-28-20(10-15)32(22(35)12-25)14-21(34)29-17-11-16(26)5-6-18(17)33-13-19(27)30-31-33/h5-6,8-11,13H,4,7,12,14H2,1-3H3,(H,29,34). The first kappa shape index (κ1) is 28.4. The van der Waals surface area contributed by atoms with Crippen molar-refractivity contribution in [3.8, 4) is 5.69 Å². The van der Waals surface area contributed by atoms with Gasteiger partial charge < -0.3 is 10.1 Å². The summed E-state index contributed by atoms with van der Waals surface area (Å²) in [5.74, 6) is -1.55. The number of halogens is 3. The van der Waals surface area contributed by atoms with Gasteiger partial charge in [0.25, 0.3) is 0 Å². The van der Waals surface area contributed by atoms with E-state index in [9.17, 15) is 14.4 Å². The first-order valence-electron chi connectivity index (χ1n) is 11.2. The second kappa shape index (κ2) is 12.4. The first-order chi connectivity index (χ1) is 17.4. The summed E-state index contributed by atoms with van der Waals surface area (Å²) < 4.78 is 6.72. The zero-order valence-corrected chi connectivity index (χ0v) is 22.6. The van der Waals surface area contributed by atoms with Gasteiger partial charge in [0.05, 0.1) is 17.6 Å². The van der Waals surface area contributed by atoms with E-state index in [1.165, 1.54) is 23.1 Å². The molecule has 3 rings (SSSR count). The van der Waals surface area contributed by atoms with Crippen molar-refractivity contribution in [3.05, 3.63) is 58.5 Å². The minimum Gasteiger partial charge on any atom is -0.460 e. The van der Waals surface area contributed by atoms with E-state index in [1.807, 2.05) is 0 Å². The molecule has 0 bridgehead atoms. The van der Waals surface area contributed by atoms with Gasteiger partial charge >= 0.3 is 5.97 Å². The van der Waals surface area contributed by atoms with E-state index >= 15 is 0 Å². The molecular formula is C24H25Cl3N6O4. The van der Waals surface area contributed by atoms with Crippen LogP contribution in [0.3, 0.4) is 0 Å². The Morgan fingerprint density at radius 2 is 1.89 bits per heavy atom. The lowest BCUT2D eigenvalue weighted by atomic mass is 10.1. The number of hydrogen-bond acceptors (Lipinski definition) is 7. The molecular weight excluding hydrogens is 543 g/mol. The minimum atomic E-state index is -0.583. The van der Waals surface area contributed by atoms with Gasteiger partial charge in [0, 0.05) is 17.6 Å². The van der Waals surface area contributed by atoms with Gasteiger partial charge in [-0.1, -0.05) is 28.4 Å². The van der Waals surface area contributed by atoms with E-state index in [0.29, 0.717) is 22.8 Å². The summed E-state index contributed by atoms with van der Waals surface area (Å²) in [4.78, 5) is 43.1. The van der Waals surface area contributed by atoms with Gasteiger partial charge in [0.15, 0.2) is 5.15 Å². The second-order valence-electron chi connectivity index (χ2n) is 8.92. The Bertz CT molecular complexity index is 1290. The maximum absolute atomic E-state index is 13.0. The summed E-state index contributed by atoms with van der Waals surface area (Å²) >= 11 is 17.8. The molecule has 0 saturated heterocycles. The van der Waals surface area contributed by atoms with Crippen LogP contribution >= 0.6 is 34.8 Å². The highest BCUT2D eigenvalue weighted by molar-refractivity contribution is 6.31. The van der Waals surface area contributed by atoms with Crippen molar-refractivity contribution >= 4 is 64.1 Å². The van der Waals surface area contributed by atoms with Crippen LogP contribution in [0.1, 0.15) is 32.8 Å². The summed E-state index contributed by atoms with van der Waals surface area (Å²) in [6, 6.07) is 8.15. The Hall–Kier alpha value is -3.21. The Balaban J connectivity index is 1.76. The van der Waals surface area contributed by atoms with Crippen LogP contribution in [0.4, 0.5) is 11.5 Å². The van der Waals surface area contributed by atoms with Crippen molar-refractivity contribution in [1.29, 1.82) is 0 Å². The van der Waals surface area contributed by atoms with Crippen LogP contribution in [-0.4, -0.2) is 55.8 Å². The number of carbonyl (C=O) groups is 3. The monoisotopic (exact) mass is 566 g/mol. The third-order valence-corrected chi connectivity index (χ3v) is 5.42. The fourth-order valence-electron chi connectivity index (χ4n) is 3.27. The number of nitrogens with one attached hydrogen (secondary N) is 1. The summed E-state index contributed by atoms with van der Waals surface area (Å²) in [7, 11) is 0. The van der Waals surface area contributed by atoms with Gasteiger partial charge in [-0.2, -0.15) is 0 Å². The number of alkyl halides is 1. The molecule has 0 aliphatic carbocycles. The van der Waals surface area contributed by atoms with Crippen molar-refractivity contribution in [2.45, 2.75) is 39.2 Å². The van der Waals surface area contributed by atoms with Crippen LogP contribution in [0, 0.1) is 0 Å². The number of amides is 2.